The van der Waals surface area contributed by atoms with E-state index in [0.717, 1.165) is 17.3 Å². The highest BCUT2D eigenvalue weighted by atomic mass is 32.2. The molecule has 2 aromatic carbocycles. The van der Waals surface area contributed by atoms with Crippen LogP contribution in [0.1, 0.15) is 35.3 Å². The number of esters is 2. The van der Waals surface area contributed by atoms with Gasteiger partial charge >= 0.3 is 11.9 Å². The van der Waals surface area contributed by atoms with Gasteiger partial charge in [0.25, 0.3) is 10.0 Å². The number of nitrogens with zero attached hydrogens (tertiary/aromatic N) is 1. The van der Waals surface area contributed by atoms with Crippen molar-refractivity contribution in [3.8, 4) is 5.75 Å². The van der Waals surface area contributed by atoms with E-state index in [9.17, 15) is 22.8 Å². The third-order valence-corrected chi connectivity index (χ3v) is 7.38. The monoisotopic (exact) mass is 511 g/mol. The van der Waals surface area contributed by atoms with Crippen LogP contribution in [0.4, 0.5) is 0 Å². The molecule has 1 atom stereocenters. The average molecular weight is 512 g/mol. The molecule has 0 aliphatic carbocycles. The van der Waals surface area contributed by atoms with Crippen molar-refractivity contribution in [1.29, 1.82) is 0 Å². The maximum absolute atomic E-state index is 13.8. The average Bonchev–Trinajstić information content (AvgIpc) is 2.84. The van der Waals surface area contributed by atoms with Crippen LogP contribution in [0.2, 0.25) is 0 Å². The molecule has 188 valence electrons. The number of fused-ring (bicyclic) bond motifs is 2. The number of carbonyl (C=O) groups is 3. The van der Waals surface area contributed by atoms with Crippen molar-refractivity contribution in [3.63, 3.8) is 0 Å². The first-order valence-electron chi connectivity index (χ1n) is 11.3. The number of rotatable bonds is 6. The van der Waals surface area contributed by atoms with Crippen molar-refractivity contribution in [2.24, 2.45) is 0 Å². The van der Waals surface area contributed by atoms with Gasteiger partial charge in [0, 0.05) is 6.20 Å². The smallest absolute Gasteiger partial charge is 0.356 e. The molecule has 10 heteroatoms. The Labute approximate surface area is 209 Å². The summed E-state index contributed by atoms with van der Waals surface area (Å²) in [6.45, 7) is 6.56. The minimum absolute atomic E-state index is 0.0569. The summed E-state index contributed by atoms with van der Waals surface area (Å²) in [4.78, 5) is 39.7. The second-order valence-electron chi connectivity index (χ2n) is 8.23. The molecule has 0 saturated carbocycles. The predicted molar refractivity (Wildman–Crippen MR) is 129 cm³/mol. The van der Waals surface area contributed by atoms with E-state index in [1.807, 2.05) is 0 Å². The third kappa shape index (κ3) is 4.28. The number of aryl methyl sites for hydroxylation is 2. The Morgan fingerprint density at radius 3 is 2.19 bits per heavy atom. The van der Waals surface area contributed by atoms with Crippen molar-refractivity contribution in [2.75, 3.05) is 13.2 Å². The maximum Gasteiger partial charge on any atom is 0.356 e. The van der Waals surface area contributed by atoms with E-state index in [0.29, 0.717) is 4.31 Å². The van der Waals surface area contributed by atoms with Gasteiger partial charge in [0.1, 0.15) is 11.3 Å². The molecule has 4 rings (SSSR count). The zero-order valence-electron chi connectivity index (χ0n) is 20.2. The van der Waals surface area contributed by atoms with Gasteiger partial charge in [-0.1, -0.05) is 29.3 Å². The van der Waals surface area contributed by atoms with E-state index in [4.69, 9.17) is 14.2 Å². The van der Waals surface area contributed by atoms with Crippen LogP contribution in [0.3, 0.4) is 0 Å². The Kier molecular flexibility index (Phi) is 6.73. The molecule has 2 aliphatic heterocycles. The lowest BCUT2D eigenvalue weighted by molar-refractivity contribution is -0.143. The summed E-state index contributed by atoms with van der Waals surface area (Å²) in [5.74, 6) is -2.40. The van der Waals surface area contributed by atoms with Crippen molar-refractivity contribution in [2.45, 2.75) is 38.7 Å². The van der Waals surface area contributed by atoms with E-state index in [1.54, 1.807) is 58.0 Å². The predicted octanol–water partition coefficient (Wildman–Crippen LogP) is 3.22. The zero-order valence-corrected chi connectivity index (χ0v) is 21.0. The van der Waals surface area contributed by atoms with Crippen LogP contribution in [0.5, 0.6) is 5.75 Å². The van der Waals surface area contributed by atoms with E-state index < -0.39 is 45.1 Å². The molecule has 0 saturated heterocycles. The van der Waals surface area contributed by atoms with Crippen LogP contribution in [-0.2, 0) is 29.1 Å². The molecule has 0 fully saturated rings. The highest BCUT2D eigenvalue weighted by Gasteiger charge is 2.48. The summed E-state index contributed by atoms with van der Waals surface area (Å²) < 4.78 is 44.4. The minimum Gasteiger partial charge on any atom is -0.480 e. The van der Waals surface area contributed by atoms with Gasteiger partial charge in [-0.05, 0) is 52.0 Å². The highest BCUT2D eigenvalue weighted by Crippen LogP contribution is 2.40. The van der Waals surface area contributed by atoms with Gasteiger partial charge in [-0.25, -0.2) is 22.3 Å². The van der Waals surface area contributed by atoms with Gasteiger partial charge in [-0.2, -0.15) is 0 Å². The lowest BCUT2D eigenvalue weighted by Crippen LogP contribution is -2.45. The van der Waals surface area contributed by atoms with Crippen LogP contribution in [-0.4, -0.2) is 49.8 Å². The first kappa shape index (κ1) is 25.2. The van der Waals surface area contributed by atoms with E-state index in [-0.39, 0.29) is 35.0 Å². The molecule has 2 aromatic rings. The number of hydrogen-bond acceptors (Lipinski definition) is 8. The van der Waals surface area contributed by atoms with Gasteiger partial charge in [0.15, 0.2) is 17.6 Å². The van der Waals surface area contributed by atoms with Crippen LogP contribution < -0.4 is 4.74 Å². The van der Waals surface area contributed by atoms with Gasteiger partial charge in [0.2, 0.25) is 0 Å². The van der Waals surface area contributed by atoms with Crippen molar-refractivity contribution < 1.29 is 37.0 Å². The Bertz CT molecular complexity index is 1420. The second kappa shape index (κ2) is 9.62. The summed E-state index contributed by atoms with van der Waals surface area (Å²) in [6.07, 6.45) is -0.335. The van der Waals surface area contributed by atoms with Gasteiger partial charge in [-0.3, -0.25) is 4.79 Å². The number of benzene rings is 2. The molecular weight excluding hydrogens is 486 g/mol. The van der Waals surface area contributed by atoms with Gasteiger partial charge in [0.05, 0.1) is 29.2 Å². The Hall–Kier alpha value is -3.92. The quantitative estimate of drug-likeness (QED) is 0.543. The molecule has 0 N–H and O–H groups in total. The third-order valence-electron chi connectivity index (χ3n) is 5.71. The van der Waals surface area contributed by atoms with E-state index >= 15 is 0 Å². The Balaban J connectivity index is 2.01. The van der Waals surface area contributed by atoms with Crippen molar-refractivity contribution >= 4 is 27.7 Å². The minimum atomic E-state index is -4.45. The van der Waals surface area contributed by atoms with Crippen molar-refractivity contribution in [1.82, 2.24) is 4.31 Å². The normalized spacial score (nSPS) is 17.0. The highest BCUT2D eigenvalue weighted by molar-refractivity contribution is 7.89. The SMILES string of the molecule is CCOC(=O)C1=C(C(=O)OCC)N(S(=O)(=O)c2ccc(C)cc2)C=C2C(=O)c3cc(C)ccc3OC21. The number of Topliss-reactive ketones (excluding diaryl/α,β-unsaturated/α-hetero) is 1. The lowest BCUT2D eigenvalue weighted by Gasteiger charge is -2.36. The van der Waals surface area contributed by atoms with Crippen LogP contribution in [0, 0.1) is 13.8 Å². The molecular formula is C26H25NO8S. The largest absolute Gasteiger partial charge is 0.480 e. The Morgan fingerprint density at radius 2 is 1.56 bits per heavy atom. The first-order valence-corrected chi connectivity index (χ1v) is 12.8. The van der Waals surface area contributed by atoms with Crippen LogP contribution in [0.25, 0.3) is 0 Å². The van der Waals surface area contributed by atoms with Gasteiger partial charge < -0.3 is 14.2 Å². The molecule has 0 bridgehead atoms. The second-order valence-corrected chi connectivity index (χ2v) is 10.0. The summed E-state index contributed by atoms with van der Waals surface area (Å²) >= 11 is 0. The summed E-state index contributed by atoms with van der Waals surface area (Å²) in [5, 5.41) is 0. The fourth-order valence-electron chi connectivity index (χ4n) is 3.99. The maximum atomic E-state index is 13.8. The van der Waals surface area contributed by atoms with Crippen LogP contribution >= 0.6 is 0 Å². The number of carbonyl (C=O) groups excluding carboxylic acids is 3. The molecule has 2 heterocycles. The number of sulfonamides is 1. The molecule has 9 nitrogen and oxygen atoms in total. The number of ether oxygens (including phenoxy) is 3. The van der Waals surface area contributed by atoms with E-state index in [2.05, 4.69) is 0 Å². The summed E-state index contributed by atoms with van der Waals surface area (Å²) in [6, 6.07) is 10.9. The molecule has 0 radical (unpaired) electrons. The molecule has 0 amide bonds. The van der Waals surface area contributed by atoms with E-state index in [1.165, 1.54) is 12.1 Å². The fourth-order valence-corrected chi connectivity index (χ4v) is 5.36. The molecule has 0 aromatic heterocycles. The Morgan fingerprint density at radius 1 is 0.944 bits per heavy atom. The van der Waals surface area contributed by atoms with Crippen molar-refractivity contribution in [3.05, 3.63) is 82.2 Å². The first-order chi connectivity index (χ1) is 17.1. The molecule has 36 heavy (non-hydrogen) atoms. The molecule has 0 spiro atoms. The standard InChI is InChI=1S/C26H25NO8S/c1-5-33-25(29)21-22(26(30)34-6-2)27(36(31,32)17-10-7-15(3)8-11-17)14-19-23(28)18-13-16(4)9-12-20(18)35-24(19)21/h7-14,24H,5-6H2,1-4H3. The zero-order chi connectivity index (χ0) is 26.2. The molecule has 1 unspecified atom stereocenters. The summed E-state index contributed by atoms with van der Waals surface area (Å²) in [5.41, 5.74) is 0.684. The number of ketones is 1. The topological polar surface area (TPSA) is 116 Å². The molecule has 2 aliphatic rings. The summed E-state index contributed by atoms with van der Waals surface area (Å²) in [7, 11) is -4.45. The number of hydrogen-bond donors (Lipinski definition) is 0. The lowest BCUT2D eigenvalue weighted by atomic mass is 9.88. The van der Waals surface area contributed by atoms with Crippen LogP contribution in [0.15, 0.2) is 70.4 Å². The fraction of sp³-hybridized carbons (Fsp3) is 0.269. The van der Waals surface area contributed by atoms with Gasteiger partial charge in [-0.15, -0.1) is 0 Å².